The van der Waals surface area contributed by atoms with Crippen molar-refractivity contribution in [1.82, 2.24) is 29.6 Å². The molecule has 0 bridgehead atoms. The van der Waals surface area contributed by atoms with Crippen LogP contribution in [0.2, 0.25) is 0 Å². The number of hydrogen-bond donors (Lipinski definition) is 3. The molecule has 2 amide bonds. The van der Waals surface area contributed by atoms with Gasteiger partial charge < -0.3 is 20.4 Å². The van der Waals surface area contributed by atoms with Crippen LogP contribution in [0.15, 0.2) is 36.7 Å². The van der Waals surface area contributed by atoms with Crippen molar-refractivity contribution >= 4 is 17.3 Å². The molecule has 0 radical (unpaired) electrons. The highest BCUT2D eigenvalue weighted by Gasteiger charge is 2.41. The van der Waals surface area contributed by atoms with Crippen LogP contribution in [0, 0.1) is 11.8 Å². The number of carbonyl (C=O) groups is 2. The summed E-state index contributed by atoms with van der Waals surface area (Å²) in [6.07, 6.45) is 2.82. The average molecular weight is 513 g/mol. The van der Waals surface area contributed by atoms with Crippen molar-refractivity contribution in [1.29, 1.82) is 0 Å². The van der Waals surface area contributed by atoms with Crippen LogP contribution in [-0.4, -0.2) is 71.6 Å². The maximum Gasteiger partial charge on any atom is 0.243 e. The first-order valence-corrected chi connectivity index (χ1v) is 13.1. The first-order valence-electron chi connectivity index (χ1n) is 13.1. The van der Waals surface area contributed by atoms with Crippen molar-refractivity contribution in [3.63, 3.8) is 0 Å². The molecular formula is C27H40N6O4. The Balaban J connectivity index is 0.00000186. The third kappa shape index (κ3) is 5.70. The summed E-state index contributed by atoms with van der Waals surface area (Å²) in [5.74, 6) is -0.686. The molecule has 0 spiro atoms. The number of aliphatic hydroxyl groups is 2. The zero-order chi connectivity index (χ0) is 27.3. The molecule has 3 aromatic rings. The predicted octanol–water partition coefficient (Wildman–Crippen LogP) is 2.65. The fourth-order valence-corrected chi connectivity index (χ4v) is 4.67. The molecule has 0 saturated carbocycles. The molecule has 37 heavy (non-hydrogen) atoms. The molecule has 4 rings (SSSR count). The molecule has 1 aliphatic heterocycles. The molecule has 4 atom stereocenters. The highest BCUT2D eigenvalue weighted by Crippen LogP contribution is 2.28. The minimum atomic E-state index is -0.785. The van der Waals surface area contributed by atoms with Crippen LogP contribution in [0.3, 0.4) is 0 Å². The standard InChI is InChI=1S/C25H34N6O4.C2H6/c1-5-30-21(9-10-26-30)22-7-6-18(20-8-11-27-31(20)22)19(14-32)28-24(34)23-12-17(33)13-29(23)25(35)16(4)15(2)3;1-2/h6-11,15-17,19,23,32-33H,5,12-14H2,1-4H3,(H,28,34);1-2H3. The number of carbonyl (C=O) groups excluding carboxylic acids is 2. The van der Waals surface area contributed by atoms with Gasteiger partial charge >= 0.3 is 0 Å². The number of aryl methyl sites for hydroxylation is 1. The van der Waals surface area contributed by atoms with Gasteiger partial charge in [0.1, 0.15) is 6.04 Å². The number of likely N-dealkylation sites (tertiary alicyclic amines) is 1. The molecular weight excluding hydrogens is 472 g/mol. The maximum absolute atomic E-state index is 13.3. The van der Waals surface area contributed by atoms with Crippen LogP contribution >= 0.6 is 0 Å². The minimum absolute atomic E-state index is 0.117. The lowest BCUT2D eigenvalue weighted by atomic mass is 9.96. The number of nitrogens with one attached hydrogen (secondary N) is 1. The van der Waals surface area contributed by atoms with Gasteiger partial charge in [-0.25, -0.2) is 4.52 Å². The molecule has 0 aliphatic carbocycles. The zero-order valence-electron chi connectivity index (χ0n) is 22.6. The summed E-state index contributed by atoms with van der Waals surface area (Å²) in [7, 11) is 0. The van der Waals surface area contributed by atoms with Crippen LogP contribution in [-0.2, 0) is 16.1 Å². The molecule has 4 heterocycles. The van der Waals surface area contributed by atoms with Gasteiger partial charge in [0.25, 0.3) is 0 Å². The van der Waals surface area contributed by atoms with Gasteiger partial charge in [0, 0.05) is 37.2 Å². The van der Waals surface area contributed by atoms with Crippen molar-refractivity contribution in [3.05, 3.63) is 42.2 Å². The number of β-amino-alcohol motifs (C(OH)–C–C–N with tert-alkyl or cyclic N) is 1. The summed E-state index contributed by atoms with van der Waals surface area (Å²) in [5, 5.41) is 32.1. The highest BCUT2D eigenvalue weighted by atomic mass is 16.3. The number of pyridine rings is 1. The molecule has 1 aliphatic rings. The van der Waals surface area contributed by atoms with Crippen molar-refractivity contribution in [2.24, 2.45) is 11.8 Å². The second-order valence-corrected chi connectivity index (χ2v) is 9.51. The van der Waals surface area contributed by atoms with E-state index in [0.717, 1.165) is 16.9 Å². The summed E-state index contributed by atoms with van der Waals surface area (Å²) >= 11 is 0. The van der Waals surface area contributed by atoms with E-state index >= 15 is 0 Å². The number of aromatic nitrogens is 4. The Bertz CT molecular complexity index is 1200. The van der Waals surface area contributed by atoms with Gasteiger partial charge in [-0.05, 0) is 31.0 Å². The summed E-state index contributed by atoms with van der Waals surface area (Å²) in [5.41, 5.74) is 3.20. The lowest BCUT2D eigenvalue weighted by Crippen LogP contribution is -2.49. The van der Waals surface area contributed by atoms with Gasteiger partial charge in [-0.3, -0.25) is 14.3 Å². The van der Waals surface area contributed by atoms with Crippen LogP contribution in [0.25, 0.3) is 16.9 Å². The Morgan fingerprint density at radius 3 is 2.43 bits per heavy atom. The van der Waals surface area contributed by atoms with Gasteiger partial charge in [-0.1, -0.05) is 40.7 Å². The van der Waals surface area contributed by atoms with Crippen molar-refractivity contribution in [2.75, 3.05) is 13.2 Å². The molecule has 10 heteroatoms. The molecule has 0 aromatic carbocycles. The van der Waals surface area contributed by atoms with E-state index in [1.165, 1.54) is 4.90 Å². The van der Waals surface area contributed by atoms with E-state index in [4.69, 9.17) is 0 Å². The number of aliphatic hydroxyl groups excluding tert-OH is 2. The second-order valence-electron chi connectivity index (χ2n) is 9.51. The van der Waals surface area contributed by atoms with Crippen molar-refractivity contribution in [3.8, 4) is 11.4 Å². The van der Waals surface area contributed by atoms with E-state index in [-0.39, 0.29) is 37.3 Å². The van der Waals surface area contributed by atoms with Crippen LogP contribution < -0.4 is 5.32 Å². The summed E-state index contributed by atoms with van der Waals surface area (Å²) in [6, 6.07) is 6.02. The highest BCUT2D eigenvalue weighted by molar-refractivity contribution is 5.89. The monoisotopic (exact) mass is 512 g/mol. The number of fused-ring (bicyclic) bond motifs is 1. The van der Waals surface area contributed by atoms with Gasteiger partial charge in [-0.15, -0.1) is 0 Å². The topological polar surface area (TPSA) is 125 Å². The van der Waals surface area contributed by atoms with Gasteiger partial charge in [-0.2, -0.15) is 10.2 Å². The molecule has 3 aromatic heterocycles. The van der Waals surface area contributed by atoms with Crippen LogP contribution in [0.1, 0.15) is 59.6 Å². The summed E-state index contributed by atoms with van der Waals surface area (Å²) in [6.45, 7) is 12.3. The predicted molar refractivity (Wildman–Crippen MR) is 142 cm³/mol. The summed E-state index contributed by atoms with van der Waals surface area (Å²) in [4.78, 5) is 27.7. The Hall–Kier alpha value is -3.24. The number of rotatable bonds is 8. The van der Waals surface area contributed by atoms with E-state index in [0.29, 0.717) is 12.1 Å². The quantitative estimate of drug-likeness (QED) is 0.426. The lowest BCUT2D eigenvalue weighted by Gasteiger charge is -2.29. The third-order valence-corrected chi connectivity index (χ3v) is 6.99. The summed E-state index contributed by atoms with van der Waals surface area (Å²) < 4.78 is 3.64. The molecule has 3 N–H and O–H groups in total. The number of hydrogen-bond acceptors (Lipinski definition) is 6. The Labute approximate surface area is 218 Å². The molecule has 4 unspecified atom stereocenters. The van der Waals surface area contributed by atoms with Crippen molar-refractivity contribution in [2.45, 2.75) is 72.7 Å². The normalized spacial score (nSPS) is 19.0. The Morgan fingerprint density at radius 2 is 1.78 bits per heavy atom. The van der Waals surface area contributed by atoms with Gasteiger partial charge in [0.2, 0.25) is 11.8 Å². The molecule has 1 saturated heterocycles. The van der Waals surface area contributed by atoms with Gasteiger partial charge in [0.15, 0.2) is 0 Å². The fourth-order valence-electron chi connectivity index (χ4n) is 4.67. The number of amides is 2. The third-order valence-electron chi connectivity index (χ3n) is 6.99. The molecule has 10 nitrogen and oxygen atoms in total. The van der Waals surface area contributed by atoms with E-state index in [1.807, 2.05) is 70.5 Å². The number of nitrogens with zero attached hydrogens (tertiary/aromatic N) is 5. The largest absolute Gasteiger partial charge is 0.394 e. The van der Waals surface area contributed by atoms with Crippen molar-refractivity contribution < 1.29 is 19.8 Å². The van der Waals surface area contributed by atoms with E-state index in [9.17, 15) is 19.8 Å². The Kier molecular flexibility index (Phi) is 9.45. The average Bonchev–Trinajstić information content (AvgIpc) is 3.66. The van der Waals surface area contributed by atoms with Crippen LogP contribution in [0.4, 0.5) is 0 Å². The van der Waals surface area contributed by atoms with Crippen LogP contribution in [0.5, 0.6) is 0 Å². The van der Waals surface area contributed by atoms with Gasteiger partial charge in [0.05, 0.1) is 41.9 Å². The maximum atomic E-state index is 13.3. The lowest BCUT2D eigenvalue weighted by molar-refractivity contribution is -0.142. The first-order chi connectivity index (χ1) is 17.8. The second kappa shape index (κ2) is 12.3. The molecule has 1 fully saturated rings. The minimum Gasteiger partial charge on any atom is -0.394 e. The zero-order valence-corrected chi connectivity index (χ0v) is 22.6. The fraction of sp³-hybridized carbons (Fsp3) is 0.556. The van der Waals surface area contributed by atoms with E-state index in [2.05, 4.69) is 15.5 Å². The van der Waals surface area contributed by atoms with E-state index < -0.39 is 24.1 Å². The molecule has 202 valence electrons. The smallest absolute Gasteiger partial charge is 0.243 e. The Morgan fingerprint density at radius 1 is 1.08 bits per heavy atom. The first kappa shape index (κ1) is 28.3. The SMILES string of the molecule is CC.CCn1nccc1-c1ccc(C(CO)NC(=O)C2CC(O)CN2C(=O)C(C)C(C)C)c2ccnn12. The van der Waals surface area contributed by atoms with E-state index in [1.54, 1.807) is 16.9 Å².